The normalized spacial score (nSPS) is 18.0. The van der Waals surface area contributed by atoms with Gasteiger partial charge in [-0.1, -0.05) is 12.8 Å². The number of rotatable bonds is 6. The molecule has 0 bridgehead atoms. The summed E-state index contributed by atoms with van der Waals surface area (Å²) in [4.78, 5) is 25.7. The van der Waals surface area contributed by atoms with Crippen molar-refractivity contribution in [1.29, 1.82) is 0 Å². The smallest absolute Gasteiger partial charge is 0.239 e. The number of carbonyl (C=O) groups is 2. The quantitative estimate of drug-likeness (QED) is 0.731. The van der Waals surface area contributed by atoms with Crippen molar-refractivity contribution in [3.8, 4) is 0 Å². The van der Waals surface area contributed by atoms with Gasteiger partial charge in [0.2, 0.25) is 11.8 Å². The lowest BCUT2D eigenvalue weighted by atomic mass is 9.84. The van der Waals surface area contributed by atoms with Gasteiger partial charge in [-0.2, -0.15) is 0 Å². The third kappa shape index (κ3) is 4.61. The fraction of sp³-hybridized carbons (Fsp3) is 0.846. The highest BCUT2D eigenvalue weighted by Gasteiger charge is 2.42. The Kier molecular flexibility index (Phi) is 8.08. The van der Waals surface area contributed by atoms with Crippen LogP contribution >= 0.6 is 12.4 Å². The van der Waals surface area contributed by atoms with Crippen molar-refractivity contribution in [2.24, 2.45) is 11.1 Å². The molecule has 2 amide bonds. The third-order valence-corrected chi connectivity index (χ3v) is 3.70. The Labute approximate surface area is 126 Å². The van der Waals surface area contributed by atoms with Crippen LogP contribution in [0.3, 0.4) is 0 Å². The molecular formula is C13H26ClN3O3. The first-order valence-corrected chi connectivity index (χ1v) is 6.67. The van der Waals surface area contributed by atoms with Gasteiger partial charge >= 0.3 is 0 Å². The lowest BCUT2D eigenvalue weighted by molar-refractivity contribution is -0.139. The number of hydrogen-bond donors (Lipinski definition) is 2. The van der Waals surface area contributed by atoms with Crippen LogP contribution in [0, 0.1) is 5.41 Å². The highest BCUT2D eigenvalue weighted by Crippen LogP contribution is 2.38. The van der Waals surface area contributed by atoms with Crippen LogP contribution in [0.4, 0.5) is 0 Å². The number of halogens is 1. The van der Waals surface area contributed by atoms with Crippen LogP contribution in [0.25, 0.3) is 0 Å². The number of nitrogens with two attached hydrogens (primary N) is 1. The second-order valence-electron chi connectivity index (χ2n) is 5.47. The molecule has 6 nitrogen and oxygen atoms in total. The van der Waals surface area contributed by atoms with Crippen LogP contribution in [0.15, 0.2) is 0 Å². The lowest BCUT2D eigenvalue weighted by Gasteiger charge is -2.31. The van der Waals surface area contributed by atoms with Gasteiger partial charge in [0.1, 0.15) is 6.04 Å². The Morgan fingerprint density at radius 2 is 1.90 bits per heavy atom. The van der Waals surface area contributed by atoms with Crippen LogP contribution < -0.4 is 11.1 Å². The van der Waals surface area contributed by atoms with Crippen molar-refractivity contribution < 1.29 is 14.3 Å². The first-order chi connectivity index (χ1) is 8.93. The second-order valence-corrected chi connectivity index (χ2v) is 5.47. The first-order valence-electron chi connectivity index (χ1n) is 6.67. The SMILES string of the molecule is COCC(N)C(=O)NCC1(C(=O)N(C)C)CCCC1.Cl. The van der Waals surface area contributed by atoms with Crippen LogP contribution in [-0.4, -0.2) is 57.1 Å². The number of methoxy groups -OCH3 is 1. The first kappa shape index (κ1) is 19.1. The Bertz CT molecular complexity index is 331. The van der Waals surface area contributed by atoms with E-state index in [1.807, 2.05) is 0 Å². The largest absolute Gasteiger partial charge is 0.383 e. The second kappa shape index (κ2) is 8.44. The van der Waals surface area contributed by atoms with Crippen LogP contribution in [0.5, 0.6) is 0 Å². The fourth-order valence-electron chi connectivity index (χ4n) is 2.64. The number of nitrogens with one attached hydrogen (secondary N) is 1. The van der Waals surface area contributed by atoms with E-state index in [2.05, 4.69) is 5.32 Å². The fourth-order valence-corrected chi connectivity index (χ4v) is 2.64. The predicted octanol–water partition coefficient (Wildman–Crippen LogP) is 0.147. The van der Waals surface area contributed by atoms with Crippen molar-refractivity contribution >= 4 is 24.2 Å². The van der Waals surface area contributed by atoms with Gasteiger partial charge in [0.15, 0.2) is 0 Å². The van der Waals surface area contributed by atoms with Gasteiger partial charge in [-0.15, -0.1) is 12.4 Å². The highest BCUT2D eigenvalue weighted by molar-refractivity contribution is 5.86. The molecule has 1 fully saturated rings. The molecule has 1 atom stereocenters. The number of hydrogen-bond acceptors (Lipinski definition) is 4. The summed E-state index contributed by atoms with van der Waals surface area (Å²) in [6.07, 6.45) is 3.70. The standard InChI is InChI=1S/C13H25N3O3.ClH/c1-16(2)12(18)13(6-4-5-7-13)9-15-11(17)10(14)8-19-3;/h10H,4-9,14H2,1-3H3,(H,15,17);1H. The number of amides is 2. The summed E-state index contributed by atoms with van der Waals surface area (Å²) in [5, 5.41) is 2.79. The van der Waals surface area contributed by atoms with Crippen molar-refractivity contribution in [1.82, 2.24) is 10.2 Å². The van der Waals surface area contributed by atoms with E-state index < -0.39 is 11.5 Å². The Morgan fingerprint density at radius 1 is 1.35 bits per heavy atom. The van der Waals surface area contributed by atoms with Crippen molar-refractivity contribution in [3.63, 3.8) is 0 Å². The summed E-state index contributed by atoms with van der Waals surface area (Å²) < 4.78 is 4.85. The molecule has 1 rings (SSSR count). The molecule has 1 unspecified atom stereocenters. The topological polar surface area (TPSA) is 84.7 Å². The summed E-state index contributed by atoms with van der Waals surface area (Å²) in [7, 11) is 5.00. The van der Waals surface area contributed by atoms with Gasteiger partial charge in [-0.25, -0.2) is 0 Å². The van der Waals surface area contributed by atoms with E-state index in [1.54, 1.807) is 19.0 Å². The maximum absolute atomic E-state index is 12.3. The average Bonchev–Trinajstić information content (AvgIpc) is 2.85. The summed E-state index contributed by atoms with van der Waals surface area (Å²) in [5.74, 6) is -0.176. The molecule has 0 radical (unpaired) electrons. The van der Waals surface area contributed by atoms with Crippen LogP contribution in [0.2, 0.25) is 0 Å². The van der Waals surface area contributed by atoms with E-state index in [9.17, 15) is 9.59 Å². The summed E-state index contributed by atoms with van der Waals surface area (Å²) in [5.41, 5.74) is 5.21. The van der Waals surface area contributed by atoms with Gasteiger partial charge in [-0.05, 0) is 12.8 Å². The molecule has 1 aliphatic rings. The third-order valence-electron chi connectivity index (χ3n) is 3.70. The summed E-state index contributed by atoms with van der Waals surface area (Å²) in [6.45, 7) is 0.542. The lowest BCUT2D eigenvalue weighted by Crippen LogP contribution is -2.50. The monoisotopic (exact) mass is 307 g/mol. The molecule has 0 aliphatic heterocycles. The molecule has 0 aromatic carbocycles. The Hall–Kier alpha value is -0.850. The van der Waals surface area contributed by atoms with Crippen molar-refractivity contribution in [2.45, 2.75) is 31.7 Å². The minimum atomic E-state index is -0.682. The van der Waals surface area contributed by atoms with E-state index in [1.165, 1.54) is 7.11 Å². The maximum Gasteiger partial charge on any atom is 0.239 e. The van der Waals surface area contributed by atoms with Crippen LogP contribution in [0.1, 0.15) is 25.7 Å². The Balaban J connectivity index is 0.00000361. The van der Waals surface area contributed by atoms with Crippen LogP contribution in [-0.2, 0) is 14.3 Å². The van der Waals surface area contributed by atoms with E-state index in [0.29, 0.717) is 6.54 Å². The zero-order valence-electron chi connectivity index (χ0n) is 12.5. The molecule has 0 aromatic rings. The summed E-state index contributed by atoms with van der Waals surface area (Å²) in [6, 6.07) is -0.682. The minimum Gasteiger partial charge on any atom is -0.383 e. The van der Waals surface area contributed by atoms with Crippen molar-refractivity contribution in [2.75, 3.05) is 34.4 Å². The van der Waals surface area contributed by atoms with Crippen molar-refractivity contribution in [3.05, 3.63) is 0 Å². The zero-order chi connectivity index (χ0) is 14.5. The predicted molar refractivity (Wildman–Crippen MR) is 79.7 cm³/mol. The minimum absolute atomic E-state index is 0. The van der Waals surface area contributed by atoms with Gasteiger partial charge in [0, 0.05) is 27.7 Å². The molecular weight excluding hydrogens is 282 g/mol. The van der Waals surface area contributed by atoms with Gasteiger partial charge in [0.05, 0.1) is 12.0 Å². The molecule has 0 saturated heterocycles. The molecule has 118 valence electrons. The molecule has 1 aliphatic carbocycles. The molecule has 7 heteroatoms. The van der Waals surface area contributed by atoms with E-state index in [4.69, 9.17) is 10.5 Å². The zero-order valence-corrected chi connectivity index (χ0v) is 13.3. The number of nitrogens with zero attached hydrogens (tertiary/aromatic N) is 1. The molecule has 20 heavy (non-hydrogen) atoms. The van der Waals surface area contributed by atoms with E-state index in [0.717, 1.165) is 25.7 Å². The maximum atomic E-state index is 12.3. The summed E-state index contributed by atoms with van der Waals surface area (Å²) >= 11 is 0. The number of ether oxygens (including phenoxy) is 1. The number of carbonyl (C=O) groups excluding carboxylic acids is 2. The Morgan fingerprint density at radius 3 is 2.35 bits per heavy atom. The van der Waals surface area contributed by atoms with Gasteiger partial charge in [-0.3, -0.25) is 9.59 Å². The van der Waals surface area contributed by atoms with E-state index >= 15 is 0 Å². The van der Waals surface area contributed by atoms with E-state index in [-0.39, 0.29) is 30.8 Å². The van der Waals surface area contributed by atoms with Gasteiger partial charge in [0.25, 0.3) is 0 Å². The molecule has 1 saturated carbocycles. The highest BCUT2D eigenvalue weighted by atomic mass is 35.5. The molecule has 0 heterocycles. The molecule has 0 spiro atoms. The van der Waals surface area contributed by atoms with Gasteiger partial charge < -0.3 is 20.7 Å². The average molecular weight is 308 g/mol. The molecule has 0 aromatic heterocycles. The molecule has 3 N–H and O–H groups in total.